The van der Waals surface area contributed by atoms with Crippen molar-refractivity contribution in [1.82, 2.24) is 20.2 Å². The Labute approximate surface area is 167 Å². The van der Waals surface area contributed by atoms with E-state index in [2.05, 4.69) is 15.3 Å². The van der Waals surface area contributed by atoms with Crippen LogP contribution in [0.1, 0.15) is 31.5 Å². The molecule has 154 valence electrons. The molecule has 1 aromatic heterocycles. The van der Waals surface area contributed by atoms with Crippen molar-refractivity contribution in [3.8, 4) is 0 Å². The maximum atomic E-state index is 12.0. The fourth-order valence-electron chi connectivity index (χ4n) is 2.78. The number of aryl methyl sites for hydroxylation is 1. The molecule has 1 aliphatic carbocycles. The Balaban J connectivity index is 1.38. The van der Waals surface area contributed by atoms with E-state index in [0.717, 1.165) is 12.8 Å². The van der Waals surface area contributed by atoms with E-state index in [9.17, 15) is 19.2 Å². The average Bonchev–Trinajstić information content (AvgIpc) is 3.50. The molecule has 2 N–H and O–H groups in total. The van der Waals surface area contributed by atoms with Crippen molar-refractivity contribution in [2.45, 2.75) is 38.1 Å². The molecule has 1 heterocycles. The number of fused-ring (bicyclic) bond motifs is 1. The smallest absolute Gasteiger partial charge is 0.306 e. The second-order valence-corrected chi connectivity index (χ2v) is 7.14. The maximum Gasteiger partial charge on any atom is 0.306 e. The Morgan fingerprint density at radius 2 is 2.03 bits per heavy atom. The number of esters is 1. The lowest BCUT2D eigenvalue weighted by Gasteiger charge is -2.16. The van der Waals surface area contributed by atoms with Crippen LogP contribution in [0.25, 0.3) is 10.9 Å². The SMILES string of the molecule is CN(CC(=O)NC1CC1)C(=O)COC(=O)CCCc1nc2ccccc2c(=O)[nH]1. The van der Waals surface area contributed by atoms with Gasteiger partial charge in [0.2, 0.25) is 5.91 Å². The zero-order valence-corrected chi connectivity index (χ0v) is 16.3. The van der Waals surface area contributed by atoms with Crippen LogP contribution in [0.15, 0.2) is 29.1 Å². The van der Waals surface area contributed by atoms with Crippen molar-refractivity contribution in [3.63, 3.8) is 0 Å². The first-order valence-corrected chi connectivity index (χ1v) is 9.59. The number of aromatic nitrogens is 2. The minimum absolute atomic E-state index is 0.0616. The molecule has 2 aromatic rings. The number of amides is 2. The van der Waals surface area contributed by atoms with E-state index in [1.807, 2.05) is 0 Å². The number of ether oxygens (including phenoxy) is 1. The van der Waals surface area contributed by atoms with E-state index < -0.39 is 18.5 Å². The summed E-state index contributed by atoms with van der Waals surface area (Å²) in [7, 11) is 1.49. The highest BCUT2D eigenvalue weighted by molar-refractivity contribution is 5.86. The lowest BCUT2D eigenvalue weighted by atomic mass is 10.2. The Bertz CT molecular complexity index is 967. The first-order chi connectivity index (χ1) is 13.9. The number of H-pyrrole nitrogens is 1. The minimum Gasteiger partial charge on any atom is -0.456 e. The number of benzene rings is 1. The molecule has 0 atom stereocenters. The molecule has 0 aliphatic heterocycles. The number of para-hydroxylation sites is 1. The van der Waals surface area contributed by atoms with Gasteiger partial charge in [0.05, 0.1) is 17.4 Å². The molecular formula is C20H24N4O5. The summed E-state index contributed by atoms with van der Waals surface area (Å²) in [6.07, 6.45) is 2.88. The molecule has 9 heteroatoms. The first-order valence-electron chi connectivity index (χ1n) is 9.59. The molecule has 0 bridgehead atoms. The van der Waals surface area contributed by atoms with Crippen molar-refractivity contribution < 1.29 is 19.1 Å². The average molecular weight is 400 g/mol. The quantitative estimate of drug-likeness (QED) is 0.592. The summed E-state index contributed by atoms with van der Waals surface area (Å²) in [5, 5.41) is 3.31. The van der Waals surface area contributed by atoms with Crippen LogP contribution in [0.5, 0.6) is 0 Å². The Morgan fingerprint density at radius 1 is 1.28 bits per heavy atom. The van der Waals surface area contributed by atoms with Gasteiger partial charge in [-0.2, -0.15) is 0 Å². The predicted molar refractivity (Wildman–Crippen MR) is 105 cm³/mol. The van der Waals surface area contributed by atoms with Crippen molar-refractivity contribution in [3.05, 3.63) is 40.4 Å². The van der Waals surface area contributed by atoms with E-state index in [1.165, 1.54) is 11.9 Å². The van der Waals surface area contributed by atoms with E-state index in [-0.39, 0.29) is 30.5 Å². The van der Waals surface area contributed by atoms with Crippen LogP contribution in [0.2, 0.25) is 0 Å². The van der Waals surface area contributed by atoms with Crippen LogP contribution in [-0.4, -0.2) is 58.9 Å². The summed E-state index contributed by atoms with van der Waals surface area (Å²) in [6.45, 7) is -0.467. The molecule has 3 rings (SSSR count). The molecular weight excluding hydrogens is 376 g/mol. The van der Waals surface area contributed by atoms with Gasteiger partial charge in [0.1, 0.15) is 5.82 Å². The van der Waals surface area contributed by atoms with Gasteiger partial charge in [-0.15, -0.1) is 0 Å². The number of likely N-dealkylation sites (N-methyl/N-ethyl adjacent to an activating group) is 1. The van der Waals surface area contributed by atoms with Crippen molar-refractivity contribution in [2.24, 2.45) is 0 Å². The van der Waals surface area contributed by atoms with Crippen LogP contribution in [0, 0.1) is 0 Å². The highest BCUT2D eigenvalue weighted by atomic mass is 16.5. The van der Waals surface area contributed by atoms with Crippen LogP contribution in [0.4, 0.5) is 0 Å². The molecule has 9 nitrogen and oxygen atoms in total. The normalized spacial score (nSPS) is 13.1. The van der Waals surface area contributed by atoms with E-state index >= 15 is 0 Å². The summed E-state index contributed by atoms with van der Waals surface area (Å²) in [6, 6.07) is 7.27. The number of nitrogens with one attached hydrogen (secondary N) is 2. The zero-order chi connectivity index (χ0) is 20.8. The number of hydrogen-bond donors (Lipinski definition) is 2. The summed E-state index contributed by atoms with van der Waals surface area (Å²) in [5.74, 6) is -0.673. The maximum absolute atomic E-state index is 12.0. The second-order valence-electron chi connectivity index (χ2n) is 7.14. The third kappa shape index (κ3) is 6.13. The molecule has 1 fully saturated rings. The molecule has 2 amide bonds. The topological polar surface area (TPSA) is 121 Å². The van der Waals surface area contributed by atoms with Crippen LogP contribution >= 0.6 is 0 Å². The fraction of sp³-hybridized carbons (Fsp3) is 0.450. The number of aromatic amines is 1. The summed E-state index contributed by atoms with van der Waals surface area (Å²) in [4.78, 5) is 55.8. The van der Waals surface area contributed by atoms with E-state index in [1.54, 1.807) is 24.3 Å². The molecule has 1 saturated carbocycles. The Hall–Kier alpha value is -3.23. The molecule has 1 aliphatic rings. The van der Waals surface area contributed by atoms with Gasteiger partial charge in [-0.05, 0) is 31.4 Å². The molecule has 0 saturated heterocycles. The molecule has 0 unspecified atom stereocenters. The monoisotopic (exact) mass is 400 g/mol. The van der Waals surface area contributed by atoms with Gasteiger partial charge in [0, 0.05) is 25.9 Å². The Kier molecular flexibility index (Phi) is 6.58. The highest BCUT2D eigenvalue weighted by Gasteiger charge is 2.24. The van der Waals surface area contributed by atoms with Gasteiger partial charge in [0.25, 0.3) is 11.5 Å². The van der Waals surface area contributed by atoms with Crippen molar-refractivity contribution in [2.75, 3.05) is 20.2 Å². The number of rotatable bonds is 9. The summed E-state index contributed by atoms with van der Waals surface area (Å²) < 4.78 is 4.98. The number of nitrogens with zero attached hydrogens (tertiary/aromatic N) is 2. The highest BCUT2D eigenvalue weighted by Crippen LogP contribution is 2.18. The van der Waals surface area contributed by atoms with Crippen molar-refractivity contribution in [1.29, 1.82) is 0 Å². The molecule has 0 spiro atoms. The molecule has 1 aromatic carbocycles. The van der Waals surface area contributed by atoms with Crippen LogP contribution in [-0.2, 0) is 25.5 Å². The second kappa shape index (κ2) is 9.31. The number of carbonyl (C=O) groups excluding carboxylic acids is 3. The predicted octanol–water partition coefficient (Wildman–Crippen LogP) is 0.526. The third-order valence-electron chi connectivity index (χ3n) is 4.56. The number of carbonyl (C=O) groups is 3. The standard InChI is InChI=1S/C20H24N4O5/c1-24(11-17(25)21-13-9-10-13)18(26)12-29-19(27)8-4-7-16-22-15-6-3-2-5-14(15)20(28)23-16/h2-3,5-6,13H,4,7-12H2,1H3,(H,21,25)(H,22,23,28). The van der Waals surface area contributed by atoms with Crippen molar-refractivity contribution >= 4 is 28.7 Å². The lowest BCUT2D eigenvalue weighted by Crippen LogP contribution is -2.40. The zero-order valence-electron chi connectivity index (χ0n) is 16.3. The fourth-order valence-corrected chi connectivity index (χ4v) is 2.78. The number of hydrogen-bond acceptors (Lipinski definition) is 6. The summed E-state index contributed by atoms with van der Waals surface area (Å²) >= 11 is 0. The Morgan fingerprint density at radius 3 is 2.79 bits per heavy atom. The molecule has 29 heavy (non-hydrogen) atoms. The largest absolute Gasteiger partial charge is 0.456 e. The lowest BCUT2D eigenvalue weighted by molar-refractivity contribution is -0.152. The van der Waals surface area contributed by atoms with Gasteiger partial charge in [-0.25, -0.2) is 4.98 Å². The first kappa shape index (κ1) is 20.5. The van der Waals surface area contributed by atoms with Crippen LogP contribution < -0.4 is 10.9 Å². The van der Waals surface area contributed by atoms with Crippen LogP contribution in [0.3, 0.4) is 0 Å². The molecule has 0 radical (unpaired) electrons. The van der Waals surface area contributed by atoms with Gasteiger partial charge in [-0.1, -0.05) is 12.1 Å². The third-order valence-corrected chi connectivity index (χ3v) is 4.56. The van der Waals surface area contributed by atoms with Gasteiger partial charge in [-0.3, -0.25) is 19.2 Å². The van der Waals surface area contributed by atoms with E-state index in [0.29, 0.717) is 29.6 Å². The van der Waals surface area contributed by atoms with Gasteiger partial charge in [0.15, 0.2) is 6.61 Å². The van der Waals surface area contributed by atoms with Gasteiger partial charge < -0.3 is 19.9 Å². The minimum atomic E-state index is -0.516. The summed E-state index contributed by atoms with van der Waals surface area (Å²) in [5.41, 5.74) is 0.390. The van der Waals surface area contributed by atoms with E-state index in [4.69, 9.17) is 4.74 Å². The van der Waals surface area contributed by atoms with Gasteiger partial charge >= 0.3 is 5.97 Å².